The lowest BCUT2D eigenvalue weighted by Gasteiger charge is -2.18. The van der Waals surface area contributed by atoms with Crippen LogP contribution in [0.2, 0.25) is 0 Å². The topological polar surface area (TPSA) is 0 Å². The summed E-state index contributed by atoms with van der Waals surface area (Å²) >= 11 is 1.83. The van der Waals surface area contributed by atoms with Crippen molar-refractivity contribution in [3.63, 3.8) is 0 Å². The van der Waals surface area contributed by atoms with Crippen LogP contribution in [0, 0.1) is 12.8 Å². The Morgan fingerprint density at radius 2 is 2.24 bits per heavy atom. The molecule has 1 aliphatic rings. The van der Waals surface area contributed by atoms with Gasteiger partial charge in [-0.3, -0.25) is 0 Å². The molecule has 2 unspecified atom stereocenters. The summed E-state index contributed by atoms with van der Waals surface area (Å²) < 4.78 is 0. The average Bonchev–Trinajstić information content (AvgIpc) is 2.94. The van der Waals surface area contributed by atoms with Crippen molar-refractivity contribution in [2.24, 2.45) is 5.92 Å². The maximum absolute atomic E-state index is 3.82. The normalized spacial score (nSPS) is 18.2. The quantitative estimate of drug-likeness (QED) is 0.368. The van der Waals surface area contributed by atoms with E-state index in [0.717, 1.165) is 18.4 Å². The molecule has 0 saturated carbocycles. The Hall–Kier alpha value is -2.04. The molecule has 0 aromatic carbocycles. The Morgan fingerprint density at radius 1 is 1.48 bits per heavy atom. The van der Waals surface area contributed by atoms with Gasteiger partial charge in [-0.05, 0) is 56.0 Å². The number of hydrogen-bond acceptors (Lipinski definition) is 1. The van der Waals surface area contributed by atoms with Gasteiger partial charge in [0, 0.05) is 27.2 Å². The van der Waals surface area contributed by atoms with E-state index in [1.54, 1.807) is 0 Å². The third-order valence-electron chi connectivity index (χ3n) is 4.52. The highest BCUT2D eigenvalue weighted by Gasteiger charge is 2.17. The molecule has 0 fully saturated rings. The van der Waals surface area contributed by atoms with E-state index >= 15 is 0 Å². The van der Waals surface area contributed by atoms with Gasteiger partial charge in [-0.15, -0.1) is 29.4 Å². The second kappa shape index (κ2) is 8.88. The summed E-state index contributed by atoms with van der Waals surface area (Å²) in [6.07, 6.45) is 12.9. The molecule has 2 rings (SSSR count). The van der Waals surface area contributed by atoms with Crippen LogP contribution >= 0.6 is 11.3 Å². The van der Waals surface area contributed by atoms with E-state index in [1.807, 2.05) is 23.5 Å². The third kappa shape index (κ3) is 4.97. The molecule has 0 aliphatic heterocycles. The SMILES string of the molecule is C=C=CC1=C=Cc2sc(C)cc2C(C)C=C1C(C)C=C(C)CCC=C. The van der Waals surface area contributed by atoms with Gasteiger partial charge < -0.3 is 0 Å². The van der Waals surface area contributed by atoms with Crippen molar-refractivity contribution < 1.29 is 0 Å². The first kappa shape index (κ1) is 19.3. The van der Waals surface area contributed by atoms with Crippen LogP contribution in [-0.4, -0.2) is 0 Å². The van der Waals surface area contributed by atoms with Gasteiger partial charge in [0.2, 0.25) is 0 Å². The van der Waals surface area contributed by atoms with Crippen molar-refractivity contribution in [1.29, 1.82) is 0 Å². The molecule has 1 aliphatic carbocycles. The zero-order chi connectivity index (χ0) is 18.4. The van der Waals surface area contributed by atoms with Crippen molar-refractivity contribution in [1.82, 2.24) is 0 Å². The molecule has 1 heteroatoms. The maximum Gasteiger partial charge on any atom is 0.0388 e. The molecule has 1 heterocycles. The number of thiophene rings is 1. The highest BCUT2D eigenvalue weighted by Crippen LogP contribution is 2.35. The molecular weight excluding hydrogens is 320 g/mol. The second-order valence-corrected chi connectivity index (χ2v) is 8.06. The Morgan fingerprint density at radius 3 is 2.92 bits per heavy atom. The molecule has 0 N–H and O–H groups in total. The van der Waals surface area contributed by atoms with Crippen molar-refractivity contribution in [3.05, 3.63) is 87.0 Å². The van der Waals surface area contributed by atoms with E-state index in [-0.39, 0.29) is 0 Å². The standard InChI is InChI=1S/C24H28S/c1-7-9-11-17(3)14-18(4)22-15-19(5)23-16-20(6)25-24(23)13-12-21(22)10-8-2/h7,10,13-16,18-19H,1-2,9,11H2,3-6H3. The zero-order valence-corrected chi connectivity index (χ0v) is 16.7. The summed E-state index contributed by atoms with van der Waals surface area (Å²) in [6.45, 7) is 16.5. The van der Waals surface area contributed by atoms with Gasteiger partial charge in [0.25, 0.3) is 0 Å². The van der Waals surface area contributed by atoms with E-state index in [1.165, 1.54) is 26.5 Å². The van der Waals surface area contributed by atoms with Crippen LogP contribution in [0.4, 0.5) is 0 Å². The molecule has 0 spiro atoms. The summed E-state index contributed by atoms with van der Waals surface area (Å²) in [5, 5.41) is 0. The Labute approximate surface area is 157 Å². The van der Waals surface area contributed by atoms with Crippen LogP contribution in [0.25, 0.3) is 6.08 Å². The van der Waals surface area contributed by atoms with Crippen LogP contribution in [0.1, 0.15) is 54.8 Å². The van der Waals surface area contributed by atoms with Crippen LogP contribution in [-0.2, 0) is 0 Å². The highest BCUT2D eigenvalue weighted by atomic mass is 32.1. The summed E-state index contributed by atoms with van der Waals surface area (Å²) in [6, 6.07) is 2.31. The van der Waals surface area contributed by atoms with Gasteiger partial charge >= 0.3 is 0 Å². The lowest BCUT2D eigenvalue weighted by Crippen LogP contribution is -2.03. The molecule has 1 aromatic rings. The van der Waals surface area contributed by atoms with Crippen molar-refractivity contribution in [3.8, 4) is 0 Å². The van der Waals surface area contributed by atoms with Gasteiger partial charge in [0.15, 0.2) is 0 Å². The fourth-order valence-corrected chi connectivity index (χ4v) is 4.26. The first-order valence-corrected chi connectivity index (χ1v) is 9.71. The number of fused-ring (bicyclic) bond motifs is 1. The van der Waals surface area contributed by atoms with Crippen molar-refractivity contribution in [2.75, 3.05) is 0 Å². The first-order valence-electron chi connectivity index (χ1n) is 8.89. The summed E-state index contributed by atoms with van der Waals surface area (Å²) in [7, 11) is 0. The van der Waals surface area contributed by atoms with E-state index in [4.69, 9.17) is 0 Å². The lowest BCUT2D eigenvalue weighted by molar-refractivity contribution is 0.824. The van der Waals surface area contributed by atoms with Crippen molar-refractivity contribution in [2.45, 2.75) is 46.5 Å². The number of hydrogen-bond donors (Lipinski definition) is 0. The monoisotopic (exact) mass is 348 g/mol. The molecule has 1 aromatic heterocycles. The first-order chi connectivity index (χ1) is 12.0. The minimum atomic E-state index is 0.328. The average molecular weight is 349 g/mol. The molecule has 0 nitrogen and oxygen atoms in total. The molecule has 0 radical (unpaired) electrons. The van der Waals surface area contributed by atoms with Crippen LogP contribution in [0.5, 0.6) is 0 Å². The molecule has 130 valence electrons. The van der Waals surface area contributed by atoms with E-state index < -0.39 is 0 Å². The van der Waals surface area contributed by atoms with Gasteiger partial charge in [-0.25, -0.2) is 0 Å². The molecule has 2 atom stereocenters. The van der Waals surface area contributed by atoms with E-state index in [9.17, 15) is 0 Å². The predicted octanol–water partition coefficient (Wildman–Crippen LogP) is 7.53. The Balaban J connectivity index is 2.49. The fourth-order valence-electron chi connectivity index (χ4n) is 3.25. The summed E-state index contributed by atoms with van der Waals surface area (Å²) in [5.41, 5.74) is 11.6. The molecule has 0 amide bonds. The number of rotatable bonds is 6. The van der Waals surface area contributed by atoms with Gasteiger partial charge in [0.05, 0.1) is 0 Å². The minimum absolute atomic E-state index is 0.328. The van der Waals surface area contributed by atoms with Crippen molar-refractivity contribution >= 4 is 17.4 Å². The number of allylic oxidation sites excluding steroid dienone is 7. The molecule has 25 heavy (non-hydrogen) atoms. The Bertz CT molecular complexity index is 812. The zero-order valence-electron chi connectivity index (χ0n) is 15.9. The Kier molecular flexibility index (Phi) is 6.85. The highest BCUT2D eigenvalue weighted by molar-refractivity contribution is 7.13. The largest absolute Gasteiger partial charge is 0.140 e. The predicted molar refractivity (Wildman–Crippen MR) is 113 cm³/mol. The van der Waals surface area contributed by atoms with Gasteiger partial charge in [-0.2, -0.15) is 0 Å². The summed E-state index contributed by atoms with van der Waals surface area (Å²) in [5.74, 6) is 0.708. The molecular formula is C24H28S. The van der Waals surface area contributed by atoms with Crippen LogP contribution in [0.3, 0.4) is 0 Å². The fraction of sp³-hybridized carbons (Fsp3) is 0.333. The third-order valence-corrected chi connectivity index (χ3v) is 5.53. The minimum Gasteiger partial charge on any atom is -0.140 e. The second-order valence-electron chi connectivity index (χ2n) is 6.77. The molecule has 0 saturated heterocycles. The smallest absolute Gasteiger partial charge is 0.0388 e. The van der Waals surface area contributed by atoms with Gasteiger partial charge in [0.1, 0.15) is 0 Å². The van der Waals surface area contributed by atoms with E-state index in [0.29, 0.717) is 11.8 Å². The summed E-state index contributed by atoms with van der Waals surface area (Å²) in [4.78, 5) is 2.65. The van der Waals surface area contributed by atoms with Crippen LogP contribution < -0.4 is 0 Å². The maximum atomic E-state index is 3.82. The van der Waals surface area contributed by atoms with Gasteiger partial charge in [-0.1, -0.05) is 44.2 Å². The van der Waals surface area contributed by atoms with Crippen LogP contribution in [0.15, 0.2) is 71.7 Å². The van der Waals surface area contributed by atoms with E-state index in [2.05, 4.69) is 76.6 Å². The molecule has 0 bridgehead atoms. The number of aryl methyl sites for hydroxylation is 1. The lowest BCUT2D eigenvalue weighted by atomic mass is 9.86.